The second kappa shape index (κ2) is 5.48. The Hall–Kier alpha value is -1.11. The fraction of sp³-hybridized carbons (Fsp3) is 0.538. The van der Waals surface area contributed by atoms with E-state index < -0.39 is 10.0 Å². The summed E-state index contributed by atoms with van der Waals surface area (Å²) in [6.07, 6.45) is 2.21. The van der Waals surface area contributed by atoms with Crippen LogP contribution < -0.4 is 9.88 Å². The van der Waals surface area contributed by atoms with Crippen molar-refractivity contribution in [1.82, 2.24) is 0 Å². The summed E-state index contributed by atoms with van der Waals surface area (Å²) in [6, 6.07) is 3.39. The van der Waals surface area contributed by atoms with Crippen molar-refractivity contribution >= 4 is 10.0 Å². The van der Waals surface area contributed by atoms with Crippen molar-refractivity contribution in [1.29, 1.82) is 0 Å². The average Bonchev–Trinajstić information content (AvgIpc) is 2.76. The molecule has 0 radical (unpaired) electrons. The third kappa shape index (κ3) is 3.46. The highest BCUT2D eigenvalue weighted by Crippen LogP contribution is 2.25. The van der Waals surface area contributed by atoms with Crippen LogP contribution in [0.3, 0.4) is 0 Å². The number of aryl methyl sites for hydroxylation is 2. The third-order valence-corrected chi connectivity index (χ3v) is 4.39. The van der Waals surface area contributed by atoms with E-state index in [4.69, 9.17) is 14.6 Å². The first-order valence-electron chi connectivity index (χ1n) is 6.26. The molecule has 1 aliphatic rings. The first-order chi connectivity index (χ1) is 8.88. The molecule has 1 aromatic carbocycles. The van der Waals surface area contributed by atoms with Gasteiger partial charge in [-0.2, -0.15) is 0 Å². The highest BCUT2D eigenvalue weighted by molar-refractivity contribution is 7.89. The zero-order chi connectivity index (χ0) is 14.0. The van der Waals surface area contributed by atoms with Gasteiger partial charge in [0.05, 0.1) is 11.0 Å². The van der Waals surface area contributed by atoms with Crippen LogP contribution in [0.15, 0.2) is 17.0 Å². The predicted molar refractivity (Wildman–Crippen MR) is 71.8 cm³/mol. The maximum atomic E-state index is 11.5. The Bertz CT molecular complexity index is 539. The summed E-state index contributed by atoms with van der Waals surface area (Å²) in [7, 11) is -3.69. The van der Waals surface area contributed by atoms with E-state index in [0.717, 1.165) is 19.4 Å². The average molecular weight is 285 g/mol. The summed E-state index contributed by atoms with van der Waals surface area (Å²) in [5, 5.41) is 5.19. The van der Waals surface area contributed by atoms with E-state index in [1.807, 2.05) is 0 Å². The van der Waals surface area contributed by atoms with Crippen LogP contribution in [0.25, 0.3) is 0 Å². The summed E-state index contributed by atoms with van der Waals surface area (Å²) in [5.74, 6) is 0.651. The highest BCUT2D eigenvalue weighted by Gasteiger charge is 2.18. The molecule has 0 bridgehead atoms. The molecule has 2 N–H and O–H groups in total. The summed E-state index contributed by atoms with van der Waals surface area (Å²) in [6.45, 7) is 4.71. The van der Waals surface area contributed by atoms with Gasteiger partial charge in [0.1, 0.15) is 12.4 Å². The van der Waals surface area contributed by atoms with Crippen LogP contribution in [0.4, 0.5) is 0 Å². The number of nitrogens with two attached hydrogens (primary N) is 1. The van der Waals surface area contributed by atoms with E-state index >= 15 is 0 Å². The molecule has 1 aromatic rings. The standard InChI is InChI=1S/C13H19NO4S/c1-9-6-12(18-8-11-4-3-5-17-11)7-10(2)13(9)19(14,15)16/h6-7,11H,3-5,8H2,1-2H3,(H2,14,15,16). The zero-order valence-electron chi connectivity index (χ0n) is 11.2. The van der Waals surface area contributed by atoms with Gasteiger partial charge >= 0.3 is 0 Å². The second-order valence-electron chi connectivity index (χ2n) is 4.88. The summed E-state index contributed by atoms with van der Waals surface area (Å²) >= 11 is 0. The topological polar surface area (TPSA) is 78.6 Å². The van der Waals surface area contributed by atoms with Crippen molar-refractivity contribution in [2.75, 3.05) is 13.2 Å². The van der Waals surface area contributed by atoms with Crippen molar-refractivity contribution in [3.05, 3.63) is 23.3 Å². The fourth-order valence-electron chi connectivity index (χ4n) is 2.41. The van der Waals surface area contributed by atoms with Gasteiger partial charge in [-0.3, -0.25) is 0 Å². The third-order valence-electron chi connectivity index (χ3n) is 3.18. The van der Waals surface area contributed by atoms with Gasteiger partial charge in [-0.05, 0) is 49.9 Å². The fourth-order valence-corrected chi connectivity index (χ4v) is 3.42. The highest BCUT2D eigenvalue weighted by atomic mass is 32.2. The smallest absolute Gasteiger partial charge is 0.238 e. The first kappa shape index (κ1) is 14.3. The lowest BCUT2D eigenvalue weighted by molar-refractivity contribution is 0.0679. The van der Waals surface area contributed by atoms with Crippen LogP contribution in [0.5, 0.6) is 5.75 Å². The van der Waals surface area contributed by atoms with Gasteiger partial charge in [0.15, 0.2) is 0 Å². The minimum Gasteiger partial charge on any atom is -0.491 e. The van der Waals surface area contributed by atoms with Crippen LogP contribution in [0, 0.1) is 13.8 Å². The van der Waals surface area contributed by atoms with Gasteiger partial charge in [0, 0.05) is 6.61 Å². The second-order valence-corrected chi connectivity index (χ2v) is 6.38. The molecule has 19 heavy (non-hydrogen) atoms. The van der Waals surface area contributed by atoms with Gasteiger partial charge in [-0.1, -0.05) is 0 Å². The quantitative estimate of drug-likeness (QED) is 0.909. The molecule has 106 valence electrons. The van der Waals surface area contributed by atoms with E-state index in [-0.39, 0.29) is 11.0 Å². The SMILES string of the molecule is Cc1cc(OCC2CCCO2)cc(C)c1S(N)(=O)=O. The molecular formula is C13H19NO4S. The molecule has 2 rings (SSSR count). The maximum absolute atomic E-state index is 11.5. The number of benzene rings is 1. The minimum atomic E-state index is -3.69. The molecule has 0 amide bonds. The van der Waals surface area contributed by atoms with Gasteiger partial charge < -0.3 is 9.47 Å². The molecule has 5 nitrogen and oxygen atoms in total. The Labute approximate surface area is 113 Å². The predicted octanol–water partition coefficient (Wildman–Crippen LogP) is 1.51. The lowest BCUT2D eigenvalue weighted by Gasteiger charge is -2.14. The van der Waals surface area contributed by atoms with Crippen molar-refractivity contribution < 1.29 is 17.9 Å². The summed E-state index contributed by atoms with van der Waals surface area (Å²) in [4.78, 5) is 0.178. The number of rotatable bonds is 4. The van der Waals surface area contributed by atoms with Crippen LogP contribution in [0.2, 0.25) is 0 Å². The Morgan fingerprint density at radius 1 is 1.37 bits per heavy atom. The van der Waals surface area contributed by atoms with Gasteiger partial charge in [0.25, 0.3) is 0 Å². The van der Waals surface area contributed by atoms with Crippen LogP contribution in [0.1, 0.15) is 24.0 Å². The number of sulfonamides is 1. The molecule has 1 fully saturated rings. The number of ether oxygens (including phenoxy) is 2. The maximum Gasteiger partial charge on any atom is 0.238 e. The molecule has 6 heteroatoms. The van der Waals surface area contributed by atoms with Gasteiger partial charge in [-0.15, -0.1) is 0 Å². The molecule has 1 unspecified atom stereocenters. The van der Waals surface area contributed by atoms with Crippen molar-refractivity contribution in [2.24, 2.45) is 5.14 Å². The molecule has 1 saturated heterocycles. The van der Waals surface area contributed by atoms with Gasteiger partial charge in [0.2, 0.25) is 10.0 Å². The largest absolute Gasteiger partial charge is 0.491 e. The summed E-state index contributed by atoms with van der Waals surface area (Å²) < 4.78 is 34.1. The van der Waals surface area contributed by atoms with Crippen LogP contribution in [-0.2, 0) is 14.8 Å². The van der Waals surface area contributed by atoms with Gasteiger partial charge in [-0.25, -0.2) is 13.6 Å². The number of primary sulfonamides is 1. The Morgan fingerprint density at radius 2 is 2.00 bits per heavy atom. The lowest BCUT2D eigenvalue weighted by Crippen LogP contribution is -2.18. The van der Waals surface area contributed by atoms with E-state index in [1.165, 1.54) is 0 Å². The van der Waals surface area contributed by atoms with Crippen LogP contribution >= 0.6 is 0 Å². The molecule has 0 spiro atoms. The Balaban J connectivity index is 2.15. The Kier molecular flexibility index (Phi) is 4.13. The van der Waals surface area contributed by atoms with E-state index in [2.05, 4.69) is 0 Å². The molecule has 1 heterocycles. The monoisotopic (exact) mass is 285 g/mol. The Morgan fingerprint density at radius 3 is 2.47 bits per heavy atom. The molecule has 0 aromatic heterocycles. The van der Waals surface area contributed by atoms with Crippen molar-refractivity contribution in [3.8, 4) is 5.75 Å². The first-order valence-corrected chi connectivity index (χ1v) is 7.81. The summed E-state index contributed by atoms with van der Waals surface area (Å²) in [5.41, 5.74) is 1.20. The molecule has 1 atom stereocenters. The number of hydrogen-bond acceptors (Lipinski definition) is 4. The molecular weight excluding hydrogens is 266 g/mol. The minimum absolute atomic E-state index is 0.138. The lowest BCUT2D eigenvalue weighted by atomic mass is 10.1. The normalized spacial score (nSPS) is 19.6. The van der Waals surface area contributed by atoms with Crippen molar-refractivity contribution in [3.63, 3.8) is 0 Å². The zero-order valence-corrected chi connectivity index (χ0v) is 12.0. The van der Waals surface area contributed by atoms with E-state index in [9.17, 15) is 8.42 Å². The molecule has 0 aliphatic carbocycles. The van der Waals surface area contributed by atoms with E-state index in [0.29, 0.717) is 23.5 Å². The van der Waals surface area contributed by atoms with Crippen LogP contribution in [-0.4, -0.2) is 27.7 Å². The molecule has 1 aliphatic heterocycles. The van der Waals surface area contributed by atoms with E-state index in [1.54, 1.807) is 26.0 Å². The van der Waals surface area contributed by atoms with Crippen molar-refractivity contribution in [2.45, 2.75) is 37.7 Å². The number of hydrogen-bond donors (Lipinski definition) is 1. The molecule has 0 saturated carbocycles.